The lowest BCUT2D eigenvalue weighted by molar-refractivity contribution is 0.315. The SMILES string of the molecule is CCNc1nc(C2CC2)nc(N2CCC(N(C)C)C2)c1C. The summed E-state index contributed by atoms with van der Waals surface area (Å²) in [5, 5.41) is 3.41. The molecule has 1 aliphatic carbocycles. The van der Waals surface area contributed by atoms with E-state index >= 15 is 0 Å². The second kappa shape index (κ2) is 5.79. The number of nitrogens with zero attached hydrogens (tertiary/aromatic N) is 4. The largest absolute Gasteiger partial charge is 0.370 e. The van der Waals surface area contributed by atoms with Crippen LogP contribution in [0.25, 0.3) is 0 Å². The summed E-state index contributed by atoms with van der Waals surface area (Å²) < 4.78 is 0. The Kier molecular flexibility index (Phi) is 4.02. The zero-order valence-electron chi connectivity index (χ0n) is 13.7. The number of anilines is 2. The van der Waals surface area contributed by atoms with Crippen LogP contribution in [-0.4, -0.2) is 54.6 Å². The molecule has 21 heavy (non-hydrogen) atoms. The minimum Gasteiger partial charge on any atom is -0.370 e. The molecule has 0 amide bonds. The molecular formula is C16H27N5. The van der Waals surface area contributed by atoms with Crippen molar-refractivity contribution < 1.29 is 0 Å². The Hall–Kier alpha value is -1.36. The summed E-state index contributed by atoms with van der Waals surface area (Å²) in [5.74, 6) is 3.80. The predicted molar refractivity (Wildman–Crippen MR) is 87.2 cm³/mol. The zero-order valence-corrected chi connectivity index (χ0v) is 13.7. The molecule has 1 unspecified atom stereocenters. The first-order valence-corrected chi connectivity index (χ1v) is 8.14. The normalized spacial score (nSPS) is 22.1. The number of hydrogen-bond acceptors (Lipinski definition) is 5. The van der Waals surface area contributed by atoms with Gasteiger partial charge >= 0.3 is 0 Å². The van der Waals surface area contributed by atoms with Crippen molar-refractivity contribution in [3.05, 3.63) is 11.4 Å². The number of likely N-dealkylation sites (N-methyl/N-ethyl adjacent to an activating group) is 1. The summed E-state index contributed by atoms with van der Waals surface area (Å²) in [5.41, 5.74) is 1.20. The molecule has 116 valence electrons. The first kappa shape index (κ1) is 14.6. The van der Waals surface area contributed by atoms with E-state index in [0.717, 1.165) is 37.1 Å². The number of rotatable bonds is 5. The molecule has 2 aliphatic rings. The van der Waals surface area contributed by atoms with Crippen LogP contribution in [0.2, 0.25) is 0 Å². The first-order chi connectivity index (χ1) is 10.1. The van der Waals surface area contributed by atoms with Gasteiger partial charge in [0.15, 0.2) is 0 Å². The van der Waals surface area contributed by atoms with Gasteiger partial charge in [-0.3, -0.25) is 0 Å². The molecule has 2 heterocycles. The van der Waals surface area contributed by atoms with Gasteiger partial charge in [0.25, 0.3) is 0 Å². The van der Waals surface area contributed by atoms with Crippen molar-refractivity contribution in [2.24, 2.45) is 0 Å². The van der Waals surface area contributed by atoms with Crippen LogP contribution in [0.15, 0.2) is 0 Å². The van der Waals surface area contributed by atoms with Crippen molar-refractivity contribution >= 4 is 11.6 Å². The summed E-state index contributed by atoms with van der Waals surface area (Å²) in [6.45, 7) is 7.33. The lowest BCUT2D eigenvalue weighted by Crippen LogP contribution is -2.32. The molecule has 1 aromatic rings. The quantitative estimate of drug-likeness (QED) is 0.900. The van der Waals surface area contributed by atoms with Crippen LogP contribution >= 0.6 is 0 Å². The van der Waals surface area contributed by atoms with Crippen LogP contribution in [0.4, 0.5) is 11.6 Å². The third-order valence-corrected chi connectivity index (χ3v) is 4.62. The van der Waals surface area contributed by atoms with E-state index < -0.39 is 0 Å². The van der Waals surface area contributed by atoms with E-state index in [1.54, 1.807) is 0 Å². The minimum absolute atomic E-state index is 0.592. The van der Waals surface area contributed by atoms with E-state index in [1.165, 1.54) is 24.8 Å². The molecule has 1 saturated carbocycles. The van der Waals surface area contributed by atoms with Gasteiger partial charge in [0, 0.05) is 37.2 Å². The van der Waals surface area contributed by atoms with Gasteiger partial charge in [-0.2, -0.15) is 0 Å². The van der Waals surface area contributed by atoms with Crippen molar-refractivity contribution in [1.29, 1.82) is 0 Å². The topological polar surface area (TPSA) is 44.3 Å². The van der Waals surface area contributed by atoms with Gasteiger partial charge in [0.05, 0.1) is 0 Å². The highest BCUT2D eigenvalue weighted by Gasteiger charge is 2.31. The molecule has 3 rings (SSSR count). The van der Waals surface area contributed by atoms with Gasteiger partial charge < -0.3 is 15.1 Å². The Labute approximate surface area is 127 Å². The van der Waals surface area contributed by atoms with E-state index in [-0.39, 0.29) is 0 Å². The fraction of sp³-hybridized carbons (Fsp3) is 0.750. The summed E-state index contributed by atoms with van der Waals surface area (Å²) >= 11 is 0. The second-order valence-corrected chi connectivity index (χ2v) is 6.54. The van der Waals surface area contributed by atoms with E-state index in [9.17, 15) is 0 Å². The van der Waals surface area contributed by atoms with Gasteiger partial charge in [-0.05, 0) is 47.2 Å². The molecule has 0 aromatic carbocycles. The first-order valence-electron chi connectivity index (χ1n) is 8.14. The summed E-state index contributed by atoms with van der Waals surface area (Å²) in [6.07, 6.45) is 3.70. The molecule has 1 saturated heterocycles. The standard InChI is InChI=1S/C16H27N5/c1-5-17-14-11(2)16(19-15(18-14)12-6-7-12)21-9-8-13(10-21)20(3)4/h12-13H,5-10H2,1-4H3,(H,17,18,19). The molecule has 2 fully saturated rings. The number of nitrogens with one attached hydrogen (secondary N) is 1. The molecular weight excluding hydrogens is 262 g/mol. The Balaban J connectivity index is 1.89. The Morgan fingerprint density at radius 2 is 2.00 bits per heavy atom. The highest BCUT2D eigenvalue weighted by atomic mass is 15.3. The molecule has 5 heteroatoms. The minimum atomic E-state index is 0.592. The number of hydrogen-bond donors (Lipinski definition) is 1. The Morgan fingerprint density at radius 3 is 2.57 bits per heavy atom. The third kappa shape index (κ3) is 2.98. The van der Waals surface area contributed by atoms with Gasteiger partial charge in [0.2, 0.25) is 0 Å². The molecule has 1 N–H and O–H groups in total. The molecule has 0 radical (unpaired) electrons. The van der Waals surface area contributed by atoms with Crippen LogP contribution < -0.4 is 10.2 Å². The van der Waals surface area contributed by atoms with Gasteiger partial charge in [-0.15, -0.1) is 0 Å². The monoisotopic (exact) mass is 289 g/mol. The molecule has 1 aromatic heterocycles. The average Bonchev–Trinajstić information content (AvgIpc) is 3.18. The van der Waals surface area contributed by atoms with Gasteiger partial charge in [-0.1, -0.05) is 0 Å². The summed E-state index contributed by atoms with van der Waals surface area (Å²) in [7, 11) is 4.33. The average molecular weight is 289 g/mol. The maximum atomic E-state index is 4.91. The molecule has 0 bridgehead atoms. The fourth-order valence-electron chi connectivity index (χ4n) is 3.05. The third-order valence-electron chi connectivity index (χ3n) is 4.62. The van der Waals surface area contributed by atoms with Crippen molar-refractivity contribution in [2.75, 3.05) is 43.9 Å². The number of aromatic nitrogens is 2. The van der Waals surface area contributed by atoms with Crippen LogP contribution in [0.3, 0.4) is 0 Å². The van der Waals surface area contributed by atoms with Gasteiger partial charge in [-0.25, -0.2) is 9.97 Å². The van der Waals surface area contributed by atoms with Crippen molar-refractivity contribution in [1.82, 2.24) is 14.9 Å². The van der Waals surface area contributed by atoms with Gasteiger partial charge in [0.1, 0.15) is 17.5 Å². The van der Waals surface area contributed by atoms with Crippen LogP contribution in [-0.2, 0) is 0 Å². The van der Waals surface area contributed by atoms with Crippen LogP contribution in [0, 0.1) is 6.92 Å². The smallest absolute Gasteiger partial charge is 0.137 e. The van der Waals surface area contributed by atoms with Crippen molar-refractivity contribution in [2.45, 2.75) is 45.1 Å². The van der Waals surface area contributed by atoms with Crippen LogP contribution in [0.1, 0.15) is 43.5 Å². The van der Waals surface area contributed by atoms with Crippen molar-refractivity contribution in [3.63, 3.8) is 0 Å². The molecule has 1 atom stereocenters. The molecule has 1 aliphatic heterocycles. The lowest BCUT2D eigenvalue weighted by atomic mass is 10.2. The Bertz CT molecular complexity index is 510. The van der Waals surface area contributed by atoms with Crippen molar-refractivity contribution in [3.8, 4) is 0 Å². The molecule has 5 nitrogen and oxygen atoms in total. The summed E-state index contributed by atoms with van der Waals surface area (Å²) in [6, 6.07) is 0.631. The highest BCUT2D eigenvalue weighted by Crippen LogP contribution is 2.40. The maximum Gasteiger partial charge on any atom is 0.137 e. The van der Waals surface area contributed by atoms with Crippen LogP contribution in [0.5, 0.6) is 0 Å². The zero-order chi connectivity index (χ0) is 15.0. The fourth-order valence-corrected chi connectivity index (χ4v) is 3.05. The highest BCUT2D eigenvalue weighted by molar-refractivity contribution is 5.59. The summed E-state index contributed by atoms with van der Waals surface area (Å²) in [4.78, 5) is 14.4. The van der Waals surface area contributed by atoms with E-state index in [0.29, 0.717) is 12.0 Å². The molecule has 0 spiro atoms. The van der Waals surface area contributed by atoms with E-state index in [1.807, 2.05) is 0 Å². The second-order valence-electron chi connectivity index (χ2n) is 6.54. The lowest BCUT2D eigenvalue weighted by Gasteiger charge is -2.24. The Morgan fingerprint density at radius 1 is 1.24 bits per heavy atom. The van der Waals surface area contributed by atoms with E-state index in [2.05, 4.69) is 43.1 Å². The van der Waals surface area contributed by atoms with E-state index in [4.69, 9.17) is 9.97 Å². The predicted octanol–water partition coefficient (Wildman–Crippen LogP) is 2.23. The maximum absolute atomic E-state index is 4.91.